The minimum absolute atomic E-state index is 0.0982. The fourth-order valence-corrected chi connectivity index (χ4v) is 4.54. The Bertz CT molecular complexity index is 1460. The second-order valence-electron chi connectivity index (χ2n) is 9.12. The average molecular weight is 447 g/mol. The first kappa shape index (κ1) is 21.1. The highest BCUT2D eigenvalue weighted by atomic mass is 16.5. The number of aromatic amines is 1. The van der Waals surface area contributed by atoms with Crippen LogP contribution in [0.25, 0.3) is 21.9 Å². The molecule has 2 N–H and O–H groups in total. The van der Waals surface area contributed by atoms with E-state index in [0.29, 0.717) is 39.3 Å². The SMILES string of the molecule is COc1cc2c(c3oc(=O)c(CC(=O)Nc4ccc5[nH]ccc5c4)c(C)c13)CCC(C)(C)O2. The molecule has 7 heteroatoms. The van der Waals surface area contributed by atoms with Crippen molar-refractivity contribution in [2.24, 2.45) is 0 Å². The van der Waals surface area contributed by atoms with E-state index in [2.05, 4.69) is 10.3 Å². The maximum Gasteiger partial charge on any atom is 0.340 e. The smallest absolute Gasteiger partial charge is 0.340 e. The van der Waals surface area contributed by atoms with Gasteiger partial charge < -0.3 is 24.2 Å². The Morgan fingerprint density at radius 1 is 1.24 bits per heavy atom. The number of aryl methyl sites for hydroxylation is 2. The average Bonchev–Trinajstić information content (AvgIpc) is 3.23. The first-order valence-corrected chi connectivity index (χ1v) is 11.0. The van der Waals surface area contributed by atoms with Gasteiger partial charge >= 0.3 is 5.63 Å². The van der Waals surface area contributed by atoms with Gasteiger partial charge in [-0.25, -0.2) is 4.79 Å². The number of ether oxygens (including phenoxy) is 2. The molecule has 2 aromatic heterocycles. The molecule has 7 nitrogen and oxygen atoms in total. The van der Waals surface area contributed by atoms with E-state index in [4.69, 9.17) is 13.9 Å². The van der Waals surface area contributed by atoms with Crippen LogP contribution >= 0.6 is 0 Å². The van der Waals surface area contributed by atoms with Crippen molar-refractivity contribution in [2.75, 3.05) is 12.4 Å². The number of aromatic nitrogens is 1. The number of benzene rings is 2. The first-order valence-electron chi connectivity index (χ1n) is 11.0. The minimum Gasteiger partial charge on any atom is -0.496 e. The van der Waals surface area contributed by atoms with Gasteiger partial charge in [-0.05, 0) is 63.4 Å². The number of hydrogen-bond acceptors (Lipinski definition) is 5. The maximum absolute atomic E-state index is 13.0. The third kappa shape index (κ3) is 3.73. The Labute approximate surface area is 190 Å². The lowest BCUT2D eigenvalue weighted by Crippen LogP contribution is -2.32. The molecule has 4 aromatic rings. The lowest BCUT2D eigenvalue weighted by Gasteiger charge is -2.33. The minimum atomic E-state index is -0.517. The van der Waals surface area contributed by atoms with E-state index < -0.39 is 5.63 Å². The van der Waals surface area contributed by atoms with Gasteiger partial charge in [0.15, 0.2) is 0 Å². The van der Waals surface area contributed by atoms with Gasteiger partial charge in [0.25, 0.3) is 0 Å². The summed E-state index contributed by atoms with van der Waals surface area (Å²) < 4.78 is 17.5. The van der Waals surface area contributed by atoms with E-state index in [-0.39, 0.29) is 17.9 Å². The van der Waals surface area contributed by atoms with E-state index in [9.17, 15) is 9.59 Å². The highest BCUT2D eigenvalue weighted by Crippen LogP contribution is 2.43. The molecular formula is C26H26N2O5. The zero-order valence-electron chi connectivity index (χ0n) is 19.1. The molecule has 0 aliphatic carbocycles. The molecule has 1 amide bonds. The molecule has 1 aliphatic heterocycles. The summed E-state index contributed by atoms with van der Waals surface area (Å²) in [5.74, 6) is 0.938. The summed E-state index contributed by atoms with van der Waals surface area (Å²) in [5, 5.41) is 4.58. The number of carbonyl (C=O) groups excluding carboxylic acids is 1. The van der Waals surface area contributed by atoms with Gasteiger partial charge in [0.1, 0.15) is 22.7 Å². The molecule has 1 aliphatic rings. The summed E-state index contributed by atoms with van der Waals surface area (Å²) in [7, 11) is 1.57. The molecular weight excluding hydrogens is 420 g/mol. The molecule has 0 saturated carbocycles. The standard InChI is InChI=1S/C26H26N2O5/c1-14-18(12-22(29)28-16-5-6-19-15(11-16)8-10-27-19)25(30)32-24-17-7-9-26(2,3)33-20(17)13-21(31-4)23(14)24/h5-6,8,10-11,13,27H,7,9,12H2,1-4H3,(H,28,29). The van der Waals surface area contributed by atoms with Crippen LogP contribution in [-0.4, -0.2) is 23.6 Å². The van der Waals surface area contributed by atoms with E-state index in [1.165, 1.54) is 0 Å². The number of carbonyl (C=O) groups is 1. The van der Waals surface area contributed by atoms with E-state index >= 15 is 0 Å². The van der Waals surface area contributed by atoms with Crippen LogP contribution in [0.2, 0.25) is 0 Å². The Kier molecular flexibility index (Phi) is 4.92. The predicted molar refractivity (Wildman–Crippen MR) is 127 cm³/mol. The van der Waals surface area contributed by atoms with Crippen molar-refractivity contribution in [1.82, 2.24) is 4.98 Å². The maximum atomic E-state index is 13.0. The normalized spacial score (nSPS) is 14.7. The summed E-state index contributed by atoms with van der Waals surface area (Å²) >= 11 is 0. The predicted octanol–water partition coefficient (Wildman–Crippen LogP) is 4.88. The van der Waals surface area contributed by atoms with Crippen LogP contribution in [-0.2, 0) is 17.6 Å². The molecule has 0 saturated heterocycles. The highest BCUT2D eigenvalue weighted by Gasteiger charge is 2.31. The van der Waals surface area contributed by atoms with Crippen LogP contribution in [0.15, 0.2) is 45.7 Å². The second-order valence-corrected chi connectivity index (χ2v) is 9.12. The molecule has 0 bridgehead atoms. The number of methoxy groups -OCH3 is 1. The van der Waals surface area contributed by atoms with Crippen LogP contribution in [0.1, 0.15) is 37.0 Å². The van der Waals surface area contributed by atoms with Gasteiger partial charge in [0.2, 0.25) is 5.91 Å². The molecule has 0 fully saturated rings. The first-order chi connectivity index (χ1) is 15.8. The van der Waals surface area contributed by atoms with Gasteiger partial charge in [-0.1, -0.05) is 0 Å². The van der Waals surface area contributed by atoms with Crippen LogP contribution in [0.3, 0.4) is 0 Å². The molecule has 170 valence electrons. The summed E-state index contributed by atoms with van der Waals surface area (Å²) in [6.45, 7) is 5.89. The quantitative estimate of drug-likeness (QED) is 0.436. The van der Waals surface area contributed by atoms with Crippen molar-refractivity contribution >= 4 is 33.5 Å². The number of hydrogen-bond donors (Lipinski definition) is 2. The third-order valence-electron chi connectivity index (χ3n) is 6.33. The topological polar surface area (TPSA) is 93.6 Å². The molecule has 2 aromatic carbocycles. The van der Waals surface area contributed by atoms with E-state index in [1.807, 2.05) is 57.3 Å². The molecule has 3 heterocycles. The van der Waals surface area contributed by atoms with Gasteiger partial charge in [-0.2, -0.15) is 0 Å². The summed E-state index contributed by atoms with van der Waals surface area (Å²) in [4.78, 5) is 28.9. The zero-order chi connectivity index (χ0) is 23.3. The van der Waals surface area contributed by atoms with Crippen LogP contribution in [0.4, 0.5) is 5.69 Å². The van der Waals surface area contributed by atoms with Gasteiger partial charge in [0.05, 0.1) is 24.5 Å². The van der Waals surface area contributed by atoms with Crippen molar-refractivity contribution in [1.29, 1.82) is 0 Å². The van der Waals surface area contributed by atoms with Crippen LogP contribution < -0.4 is 20.4 Å². The number of anilines is 1. The third-order valence-corrected chi connectivity index (χ3v) is 6.33. The second kappa shape index (κ2) is 7.69. The number of H-pyrrole nitrogens is 1. The van der Waals surface area contributed by atoms with Gasteiger partial charge in [-0.3, -0.25) is 4.79 Å². The van der Waals surface area contributed by atoms with Crippen LogP contribution in [0.5, 0.6) is 11.5 Å². The molecule has 0 spiro atoms. The Balaban J connectivity index is 1.52. The van der Waals surface area contributed by atoms with Gasteiger partial charge in [0, 0.05) is 34.4 Å². The fourth-order valence-electron chi connectivity index (χ4n) is 4.54. The molecule has 0 unspecified atom stereocenters. The van der Waals surface area contributed by atoms with Crippen molar-refractivity contribution in [2.45, 2.75) is 45.6 Å². The Morgan fingerprint density at radius 2 is 2.06 bits per heavy atom. The summed E-state index contributed by atoms with van der Waals surface area (Å²) in [5.41, 5.74) is 3.17. The van der Waals surface area contributed by atoms with Crippen molar-refractivity contribution in [3.8, 4) is 11.5 Å². The van der Waals surface area contributed by atoms with E-state index in [0.717, 1.165) is 29.3 Å². The fraction of sp³-hybridized carbons (Fsp3) is 0.308. The number of fused-ring (bicyclic) bond motifs is 4. The Hall–Kier alpha value is -3.74. The molecule has 33 heavy (non-hydrogen) atoms. The Morgan fingerprint density at radius 3 is 2.85 bits per heavy atom. The summed E-state index contributed by atoms with van der Waals surface area (Å²) in [6, 6.07) is 9.39. The molecule has 0 radical (unpaired) electrons. The van der Waals surface area contributed by atoms with Crippen LogP contribution in [0, 0.1) is 6.92 Å². The number of nitrogens with one attached hydrogen (secondary N) is 2. The lowest BCUT2D eigenvalue weighted by molar-refractivity contribution is -0.115. The van der Waals surface area contributed by atoms with Crippen molar-refractivity contribution < 1.29 is 18.7 Å². The van der Waals surface area contributed by atoms with E-state index in [1.54, 1.807) is 7.11 Å². The summed E-state index contributed by atoms with van der Waals surface area (Å²) in [6.07, 6.45) is 3.28. The lowest BCUT2D eigenvalue weighted by atomic mass is 9.91. The highest BCUT2D eigenvalue weighted by molar-refractivity contribution is 5.97. The molecule has 0 atom stereocenters. The van der Waals surface area contributed by atoms with Crippen molar-refractivity contribution in [3.05, 3.63) is 63.6 Å². The van der Waals surface area contributed by atoms with Crippen molar-refractivity contribution in [3.63, 3.8) is 0 Å². The number of rotatable bonds is 4. The zero-order valence-corrected chi connectivity index (χ0v) is 19.1. The van der Waals surface area contributed by atoms with Gasteiger partial charge in [-0.15, -0.1) is 0 Å². The number of amides is 1. The largest absolute Gasteiger partial charge is 0.496 e. The molecule has 5 rings (SSSR count). The monoisotopic (exact) mass is 446 g/mol.